The summed E-state index contributed by atoms with van der Waals surface area (Å²) < 4.78 is 16.6. The SMILES string of the molecule is COc1c(C)c(C(C)C)cc2c1OCCO2. The highest BCUT2D eigenvalue weighted by Crippen LogP contribution is 2.44. The largest absolute Gasteiger partial charge is 0.492 e. The Hall–Kier alpha value is -1.38. The van der Waals surface area contributed by atoms with Crippen molar-refractivity contribution in [1.82, 2.24) is 0 Å². The molecule has 0 saturated heterocycles. The molecule has 3 nitrogen and oxygen atoms in total. The molecule has 0 amide bonds. The van der Waals surface area contributed by atoms with Crippen LogP contribution in [-0.2, 0) is 0 Å². The van der Waals surface area contributed by atoms with Crippen molar-refractivity contribution in [3.05, 3.63) is 17.2 Å². The lowest BCUT2D eigenvalue weighted by atomic mass is 9.96. The van der Waals surface area contributed by atoms with Crippen LogP contribution in [0.15, 0.2) is 6.07 Å². The molecule has 0 fully saturated rings. The topological polar surface area (TPSA) is 27.7 Å². The predicted octanol–water partition coefficient (Wildman–Crippen LogP) is 2.90. The molecule has 0 unspecified atom stereocenters. The number of rotatable bonds is 2. The molecule has 1 heterocycles. The minimum absolute atomic E-state index is 0.449. The maximum absolute atomic E-state index is 5.61. The third kappa shape index (κ3) is 1.70. The van der Waals surface area contributed by atoms with Crippen molar-refractivity contribution in [3.63, 3.8) is 0 Å². The molecular weight excluding hydrogens is 204 g/mol. The highest BCUT2D eigenvalue weighted by molar-refractivity contribution is 5.59. The van der Waals surface area contributed by atoms with Crippen molar-refractivity contribution < 1.29 is 14.2 Å². The van der Waals surface area contributed by atoms with Crippen LogP contribution in [0, 0.1) is 6.92 Å². The fourth-order valence-electron chi connectivity index (χ4n) is 2.11. The molecule has 1 aliphatic heterocycles. The van der Waals surface area contributed by atoms with Gasteiger partial charge in [-0.3, -0.25) is 0 Å². The van der Waals surface area contributed by atoms with E-state index in [1.54, 1.807) is 7.11 Å². The first-order valence-electron chi connectivity index (χ1n) is 5.62. The van der Waals surface area contributed by atoms with Gasteiger partial charge in [0.15, 0.2) is 11.5 Å². The van der Waals surface area contributed by atoms with Gasteiger partial charge in [0.25, 0.3) is 0 Å². The number of fused-ring (bicyclic) bond motifs is 1. The summed E-state index contributed by atoms with van der Waals surface area (Å²) >= 11 is 0. The van der Waals surface area contributed by atoms with Gasteiger partial charge in [0.1, 0.15) is 13.2 Å². The zero-order valence-corrected chi connectivity index (χ0v) is 10.3. The average Bonchev–Trinajstić information content (AvgIpc) is 2.28. The lowest BCUT2D eigenvalue weighted by Crippen LogP contribution is -2.17. The number of hydrogen-bond donors (Lipinski definition) is 0. The monoisotopic (exact) mass is 222 g/mol. The zero-order chi connectivity index (χ0) is 11.7. The molecule has 0 aliphatic carbocycles. The smallest absolute Gasteiger partial charge is 0.203 e. The summed E-state index contributed by atoms with van der Waals surface area (Å²) in [6.07, 6.45) is 0. The van der Waals surface area contributed by atoms with E-state index in [4.69, 9.17) is 14.2 Å². The fraction of sp³-hybridized carbons (Fsp3) is 0.538. The van der Waals surface area contributed by atoms with Crippen molar-refractivity contribution >= 4 is 0 Å². The van der Waals surface area contributed by atoms with Crippen LogP contribution in [0.2, 0.25) is 0 Å². The normalized spacial score (nSPS) is 14.1. The molecular formula is C13H18O3. The summed E-state index contributed by atoms with van der Waals surface area (Å²) in [6.45, 7) is 7.59. The number of hydrogen-bond acceptors (Lipinski definition) is 3. The maximum atomic E-state index is 5.61. The first kappa shape index (κ1) is 11.1. The van der Waals surface area contributed by atoms with E-state index in [1.165, 1.54) is 5.56 Å². The summed E-state index contributed by atoms with van der Waals surface area (Å²) in [4.78, 5) is 0. The van der Waals surface area contributed by atoms with Crippen molar-refractivity contribution in [3.8, 4) is 17.2 Å². The Morgan fingerprint density at radius 1 is 1.25 bits per heavy atom. The molecule has 0 radical (unpaired) electrons. The van der Waals surface area contributed by atoms with Crippen LogP contribution in [0.3, 0.4) is 0 Å². The van der Waals surface area contributed by atoms with Crippen molar-refractivity contribution in [2.45, 2.75) is 26.7 Å². The minimum Gasteiger partial charge on any atom is -0.492 e. The van der Waals surface area contributed by atoms with Crippen molar-refractivity contribution in [1.29, 1.82) is 0 Å². The quantitative estimate of drug-likeness (QED) is 0.770. The van der Waals surface area contributed by atoms with Crippen LogP contribution in [0.25, 0.3) is 0 Å². The van der Waals surface area contributed by atoms with Gasteiger partial charge in [0.05, 0.1) is 7.11 Å². The standard InChI is InChI=1S/C13H18O3/c1-8(2)10-7-11-13(16-6-5-15-11)12(14-4)9(10)3/h7-8H,5-6H2,1-4H3. The number of methoxy groups -OCH3 is 1. The first-order valence-corrected chi connectivity index (χ1v) is 5.62. The van der Waals surface area contributed by atoms with Gasteiger partial charge in [-0.05, 0) is 30.0 Å². The van der Waals surface area contributed by atoms with Crippen LogP contribution < -0.4 is 14.2 Å². The molecule has 0 bridgehead atoms. The highest BCUT2D eigenvalue weighted by atomic mass is 16.6. The van der Waals surface area contributed by atoms with E-state index < -0.39 is 0 Å². The lowest BCUT2D eigenvalue weighted by Gasteiger charge is -2.24. The molecule has 0 atom stereocenters. The van der Waals surface area contributed by atoms with Crippen LogP contribution in [0.1, 0.15) is 30.9 Å². The summed E-state index contributed by atoms with van der Waals surface area (Å²) in [5, 5.41) is 0. The molecule has 1 aliphatic rings. The average molecular weight is 222 g/mol. The molecule has 16 heavy (non-hydrogen) atoms. The molecule has 0 N–H and O–H groups in total. The molecule has 0 spiro atoms. The van der Waals surface area contributed by atoms with Crippen LogP contribution in [0.4, 0.5) is 0 Å². The Kier molecular flexibility index (Phi) is 2.95. The van der Waals surface area contributed by atoms with Gasteiger partial charge in [-0.15, -0.1) is 0 Å². The van der Waals surface area contributed by atoms with Gasteiger partial charge in [-0.2, -0.15) is 0 Å². The molecule has 88 valence electrons. The van der Waals surface area contributed by atoms with Crippen LogP contribution in [-0.4, -0.2) is 20.3 Å². The lowest BCUT2D eigenvalue weighted by molar-refractivity contribution is 0.164. The molecule has 0 saturated carbocycles. The van der Waals surface area contributed by atoms with Crippen molar-refractivity contribution in [2.24, 2.45) is 0 Å². The predicted molar refractivity (Wildman–Crippen MR) is 62.8 cm³/mol. The van der Waals surface area contributed by atoms with E-state index in [0.717, 1.165) is 22.8 Å². The third-order valence-corrected chi connectivity index (χ3v) is 2.90. The Morgan fingerprint density at radius 2 is 1.94 bits per heavy atom. The Balaban J connectivity index is 2.60. The van der Waals surface area contributed by atoms with E-state index in [0.29, 0.717) is 19.1 Å². The third-order valence-electron chi connectivity index (χ3n) is 2.90. The second-order valence-corrected chi connectivity index (χ2v) is 4.30. The van der Waals surface area contributed by atoms with Crippen LogP contribution in [0.5, 0.6) is 17.2 Å². The molecule has 3 heteroatoms. The van der Waals surface area contributed by atoms with E-state index in [2.05, 4.69) is 26.8 Å². The molecule has 2 rings (SSSR count). The van der Waals surface area contributed by atoms with Gasteiger partial charge in [0.2, 0.25) is 5.75 Å². The number of ether oxygens (including phenoxy) is 3. The zero-order valence-electron chi connectivity index (χ0n) is 10.3. The molecule has 1 aromatic carbocycles. The highest BCUT2D eigenvalue weighted by Gasteiger charge is 2.22. The van der Waals surface area contributed by atoms with Crippen molar-refractivity contribution in [2.75, 3.05) is 20.3 Å². The van der Waals surface area contributed by atoms with Gasteiger partial charge in [0, 0.05) is 0 Å². The minimum atomic E-state index is 0.449. The van der Waals surface area contributed by atoms with E-state index in [9.17, 15) is 0 Å². The summed E-state index contributed by atoms with van der Waals surface area (Å²) in [7, 11) is 1.67. The van der Waals surface area contributed by atoms with Gasteiger partial charge in [-0.25, -0.2) is 0 Å². The maximum Gasteiger partial charge on any atom is 0.203 e. The van der Waals surface area contributed by atoms with E-state index >= 15 is 0 Å². The Morgan fingerprint density at radius 3 is 2.56 bits per heavy atom. The number of benzene rings is 1. The summed E-state index contributed by atoms with van der Waals surface area (Å²) in [5.74, 6) is 2.80. The van der Waals surface area contributed by atoms with E-state index in [-0.39, 0.29) is 0 Å². The first-order chi connectivity index (χ1) is 7.65. The second kappa shape index (κ2) is 4.24. The van der Waals surface area contributed by atoms with Crippen LogP contribution >= 0.6 is 0 Å². The van der Waals surface area contributed by atoms with E-state index in [1.807, 2.05) is 0 Å². The second-order valence-electron chi connectivity index (χ2n) is 4.30. The molecule has 0 aromatic heterocycles. The summed E-state index contributed by atoms with van der Waals surface area (Å²) in [6, 6.07) is 2.07. The summed E-state index contributed by atoms with van der Waals surface area (Å²) in [5.41, 5.74) is 2.39. The molecule has 1 aromatic rings. The Labute approximate surface area is 96.3 Å². The van der Waals surface area contributed by atoms with Gasteiger partial charge < -0.3 is 14.2 Å². The Bertz CT molecular complexity index is 397. The van der Waals surface area contributed by atoms with Gasteiger partial charge in [-0.1, -0.05) is 13.8 Å². The van der Waals surface area contributed by atoms with Gasteiger partial charge >= 0.3 is 0 Å². The fourth-order valence-corrected chi connectivity index (χ4v) is 2.11.